The predicted octanol–water partition coefficient (Wildman–Crippen LogP) is 2.97. The van der Waals surface area contributed by atoms with E-state index in [1.54, 1.807) is 25.7 Å². The Morgan fingerprint density at radius 1 is 0.896 bits per heavy atom. The van der Waals surface area contributed by atoms with E-state index in [2.05, 4.69) is 29.8 Å². The van der Waals surface area contributed by atoms with Crippen molar-refractivity contribution in [3.05, 3.63) is 0 Å². The molecule has 5 N–H and O–H groups in total. The van der Waals surface area contributed by atoms with E-state index in [9.17, 15) is 32.4 Å². The van der Waals surface area contributed by atoms with Gasteiger partial charge < -0.3 is 26.6 Å². The molecule has 12 nitrogen and oxygen atoms in total. The number of nitrogens with two attached hydrogens (primary N) is 1. The second-order valence-corrected chi connectivity index (χ2v) is 19.8. The molecule has 5 rings (SSSR count). The third kappa shape index (κ3) is 7.70. The minimum Gasteiger partial charge on any atom is -0.363 e. The molecule has 48 heavy (non-hydrogen) atoms. The molecule has 1 saturated heterocycles. The summed E-state index contributed by atoms with van der Waals surface area (Å²) in [6.45, 7) is 9.50. The van der Waals surface area contributed by atoms with Crippen LogP contribution in [0.3, 0.4) is 0 Å². The number of hydrogen-bond donors (Lipinski definition) is 4. The molecule has 5 aliphatic rings. The Bertz CT molecular complexity index is 1390. The summed E-state index contributed by atoms with van der Waals surface area (Å²) in [6.07, 6.45) is 10.2. The van der Waals surface area contributed by atoms with Gasteiger partial charge in [0, 0.05) is 6.54 Å². The Labute approximate surface area is 285 Å². The van der Waals surface area contributed by atoms with Gasteiger partial charge >= 0.3 is 6.03 Å². The summed E-state index contributed by atoms with van der Waals surface area (Å²) in [6, 6.07) is -3.34. The van der Waals surface area contributed by atoms with Crippen molar-refractivity contribution >= 4 is 39.4 Å². The molecule has 0 spiro atoms. The summed E-state index contributed by atoms with van der Waals surface area (Å²) in [4.78, 5) is 68.6. The van der Waals surface area contributed by atoms with Gasteiger partial charge in [-0.1, -0.05) is 65.2 Å². The smallest absolute Gasteiger partial charge is 0.315 e. The first-order valence-electron chi connectivity index (χ1n) is 18.1. The molecule has 1 aliphatic heterocycles. The standard InChI is InChI=1S/C35H57N5O7S/c1-33(2,3)48(46,47)20-35(16-10-7-11-17-35)39-32(45)38-26(22-12-8-6-9-13-22)31(44)40-19-23-25(34(23,4)5)27(40)30(43)37-24(18-21-14-15-21)28(41)29(36)42/h21-27H,6-20H2,1-5H3,(H2,36,42)(H,37,43)(H2,38,39,45)/t23-,24?,25?,26-,27-/m0/s1. The largest absolute Gasteiger partial charge is 0.363 e. The molecular formula is C35H57N5O7S. The lowest BCUT2D eigenvalue weighted by molar-refractivity contribution is -0.144. The maximum Gasteiger partial charge on any atom is 0.315 e. The fraction of sp³-hybridized carbons (Fsp3) is 0.857. The zero-order valence-corrected chi connectivity index (χ0v) is 30.3. The first kappa shape index (κ1) is 36.6. The molecule has 0 radical (unpaired) electrons. The second-order valence-electron chi connectivity index (χ2n) is 17.0. The molecule has 2 unspecified atom stereocenters. The van der Waals surface area contributed by atoms with Crippen molar-refractivity contribution in [3.63, 3.8) is 0 Å². The van der Waals surface area contributed by atoms with Crippen LogP contribution in [0, 0.1) is 29.1 Å². The fourth-order valence-corrected chi connectivity index (χ4v) is 10.2. The SMILES string of the molecule is CC1(C)C2[C@@H](C(=O)NC(CC3CC3)C(=O)C(N)=O)N(C(=O)[C@@H](NC(=O)NC3(CS(=O)(=O)C(C)(C)C)CCCCC3)C3CCCCC3)C[C@@H]21. The van der Waals surface area contributed by atoms with Crippen LogP contribution in [-0.4, -0.2) is 83.6 Å². The minimum atomic E-state index is -3.55. The summed E-state index contributed by atoms with van der Waals surface area (Å²) >= 11 is 0. The maximum absolute atomic E-state index is 14.6. The molecule has 0 aromatic carbocycles. The summed E-state index contributed by atoms with van der Waals surface area (Å²) in [7, 11) is -3.55. The normalized spacial score (nSPS) is 28.0. The van der Waals surface area contributed by atoms with Crippen molar-refractivity contribution in [2.24, 2.45) is 34.8 Å². The number of sulfone groups is 1. The summed E-state index contributed by atoms with van der Waals surface area (Å²) in [5.41, 5.74) is 4.22. The van der Waals surface area contributed by atoms with Crippen LogP contribution < -0.4 is 21.7 Å². The molecule has 0 aromatic heterocycles. The van der Waals surface area contributed by atoms with Crippen molar-refractivity contribution in [1.82, 2.24) is 20.9 Å². The molecular weight excluding hydrogens is 634 g/mol. The number of primary amides is 1. The van der Waals surface area contributed by atoms with E-state index in [4.69, 9.17) is 5.73 Å². The number of amides is 5. The molecule has 0 bridgehead atoms. The number of carbonyl (C=O) groups excluding carboxylic acids is 5. The van der Waals surface area contributed by atoms with Crippen molar-refractivity contribution in [3.8, 4) is 0 Å². The predicted molar refractivity (Wildman–Crippen MR) is 181 cm³/mol. The Morgan fingerprint density at radius 3 is 2.06 bits per heavy atom. The highest BCUT2D eigenvalue weighted by Gasteiger charge is 2.70. The van der Waals surface area contributed by atoms with Crippen LogP contribution in [0.1, 0.15) is 118 Å². The van der Waals surface area contributed by atoms with E-state index >= 15 is 0 Å². The molecule has 5 amide bonds. The number of hydrogen-bond acceptors (Lipinski definition) is 7. The van der Waals surface area contributed by atoms with Gasteiger partial charge in [0.05, 0.1) is 22.1 Å². The number of ketones is 1. The number of nitrogens with one attached hydrogen (secondary N) is 3. The topological polar surface area (TPSA) is 185 Å². The fourth-order valence-electron chi connectivity index (χ4n) is 8.72. The Kier molecular flexibility index (Phi) is 10.3. The lowest BCUT2D eigenvalue weighted by atomic mass is 9.82. The van der Waals surface area contributed by atoms with Gasteiger partial charge in [0.1, 0.15) is 12.1 Å². The number of urea groups is 1. The first-order chi connectivity index (χ1) is 22.4. The monoisotopic (exact) mass is 691 g/mol. The third-order valence-corrected chi connectivity index (χ3v) is 15.0. The van der Waals surface area contributed by atoms with Crippen LogP contribution >= 0.6 is 0 Å². The van der Waals surface area contributed by atoms with Crippen LogP contribution in [0.25, 0.3) is 0 Å². The average molecular weight is 692 g/mol. The molecule has 270 valence electrons. The van der Waals surface area contributed by atoms with E-state index in [0.29, 0.717) is 25.8 Å². The number of piperidine rings is 1. The van der Waals surface area contributed by atoms with Gasteiger partial charge in [0.2, 0.25) is 17.6 Å². The third-order valence-electron chi connectivity index (χ3n) is 12.2. The number of Topliss-reactive ketones (excluding diaryl/α,β-unsaturated/α-hetero) is 1. The van der Waals surface area contributed by atoms with Gasteiger partial charge in [-0.3, -0.25) is 19.2 Å². The highest BCUT2D eigenvalue weighted by Crippen LogP contribution is 2.65. The Morgan fingerprint density at radius 2 is 1.50 bits per heavy atom. The number of carbonyl (C=O) groups is 5. The molecule has 5 fully saturated rings. The van der Waals surface area contributed by atoms with Crippen LogP contribution in [0.2, 0.25) is 0 Å². The van der Waals surface area contributed by atoms with E-state index < -0.39 is 61.9 Å². The Balaban J connectivity index is 1.37. The van der Waals surface area contributed by atoms with E-state index in [-0.39, 0.29) is 40.7 Å². The van der Waals surface area contributed by atoms with Gasteiger partial charge in [-0.15, -0.1) is 0 Å². The first-order valence-corrected chi connectivity index (χ1v) is 19.8. The van der Waals surface area contributed by atoms with Gasteiger partial charge in [-0.2, -0.15) is 0 Å². The van der Waals surface area contributed by atoms with Gasteiger partial charge in [-0.05, 0) is 82.0 Å². The van der Waals surface area contributed by atoms with E-state index in [1.807, 2.05) is 0 Å². The van der Waals surface area contributed by atoms with Crippen LogP contribution in [0.5, 0.6) is 0 Å². The zero-order chi connectivity index (χ0) is 35.2. The number of nitrogens with zero attached hydrogens (tertiary/aromatic N) is 1. The number of rotatable bonds is 12. The molecule has 1 heterocycles. The van der Waals surface area contributed by atoms with Crippen molar-refractivity contribution < 1.29 is 32.4 Å². The highest BCUT2D eigenvalue weighted by atomic mass is 32.2. The molecule has 4 aliphatic carbocycles. The highest BCUT2D eigenvalue weighted by molar-refractivity contribution is 7.92. The maximum atomic E-state index is 14.6. The summed E-state index contributed by atoms with van der Waals surface area (Å²) in [5, 5.41) is 8.85. The van der Waals surface area contributed by atoms with Crippen molar-refractivity contribution in [1.29, 1.82) is 0 Å². The Hall–Kier alpha value is -2.70. The zero-order valence-electron chi connectivity index (χ0n) is 29.4. The average Bonchev–Trinajstić information content (AvgIpc) is 3.86. The van der Waals surface area contributed by atoms with Gasteiger partial charge in [0.15, 0.2) is 9.84 Å². The molecule has 5 atom stereocenters. The lowest BCUT2D eigenvalue weighted by Crippen LogP contribution is -2.63. The molecule has 4 saturated carbocycles. The van der Waals surface area contributed by atoms with E-state index in [0.717, 1.165) is 64.2 Å². The molecule has 13 heteroatoms. The van der Waals surface area contributed by atoms with Crippen molar-refractivity contribution in [2.75, 3.05) is 12.3 Å². The van der Waals surface area contributed by atoms with Crippen LogP contribution in [0.4, 0.5) is 4.79 Å². The summed E-state index contributed by atoms with van der Waals surface area (Å²) < 4.78 is 25.7. The van der Waals surface area contributed by atoms with Crippen LogP contribution in [0.15, 0.2) is 0 Å². The van der Waals surface area contributed by atoms with Crippen molar-refractivity contribution in [2.45, 2.75) is 147 Å². The van der Waals surface area contributed by atoms with Gasteiger partial charge in [-0.25, -0.2) is 13.2 Å². The van der Waals surface area contributed by atoms with Gasteiger partial charge in [0.25, 0.3) is 5.91 Å². The quantitative estimate of drug-likeness (QED) is 0.227. The number of likely N-dealkylation sites (tertiary alicyclic amines) is 1. The summed E-state index contributed by atoms with van der Waals surface area (Å²) in [5.74, 6) is -2.83. The lowest BCUT2D eigenvalue weighted by Gasteiger charge is -2.41. The van der Waals surface area contributed by atoms with Crippen LogP contribution in [-0.2, 0) is 29.0 Å². The minimum absolute atomic E-state index is 0.0832. The number of fused-ring (bicyclic) bond motifs is 1. The van der Waals surface area contributed by atoms with E-state index in [1.165, 1.54) is 0 Å². The molecule has 0 aromatic rings. The second kappa shape index (κ2) is 13.5.